The predicted molar refractivity (Wildman–Crippen MR) is 125 cm³/mol. The first-order valence-electron chi connectivity index (χ1n) is 10.9. The molecular weight excluding hydrogens is 398 g/mol. The van der Waals surface area contributed by atoms with E-state index in [9.17, 15) is 0 Å². The number of hydrogen-bond donors (Lipinski definition) is 2. The second-order valence-corrected chi connectivity index (χ2v) is 8.34. The number of hydrogen-bond acceptors (Lipinski definition) is 6. The molecule has 0 aliphatic carbocycles. The highest BCUT2D eigenvalue weighted by Crippen LogP contribution is 2.29. The van der Waals surface area contributed by atoms with E-state index in [0.29, 0.717) is 11.6 Å². The van der Waals surface area contributed by atoms with Crippen LogP contribution in [-0.4, -0.2) is 37.9 Å². The number of benzene rings is 1. The van der Waals surface area contributed by atoms with Gasteiger partial charge in [-0.05, 0) is 74.1 Å². The number of aryl methyl sites for hydroxylation is 1. The van der Waals surface area contributed by atoms with Crippen molar-refractivity contribution >= 4 is 22.4 Å². The molecule has 160 valence electrons. The monoisotopic (exact) mass is 423 g/mol. The Morgan fingerprint density at radius 2 is 2.00 bits per heavy atom. The average molecular weight is 424 g/mol. The molecule has 0 radical (unpaired) electrons. The van der Waals surface area contributed by atoms with Gasteiger partial charge in [0, 0.05) is 35.9 Å². The lowest BCUT2D eigenvalue weighted by atomic mass is 9.93. The van der Waals surface area contributed by atoms with E-state index < -0.39 is 0 Å². The molecule has 2 N–H and O–H groups in total. The van der Waals surface area contributed by atoms with E-state index in [-0.39, 0.29) is 0 Å². The molecule has 4 heterocycles. The fourth-order valence-corrected chi connectivity index (χ4v) is 4.39. The van der Waals surface area contributed by atoms with Gasteiger partial charge in [0.2, 0.25) is 0 Å². The summed E-state index contributed by atoms with van der Waals surface area (Å²) in [5, 5.41) is 13.5. The second kappa shape index (κ2) is 8.77. The van der Waals surface area contributed by atoms with E-state index >= 15 is 0 Å². The van der Waals surface area contributed by atoms with Crippen molar-refractivity contribution in [1.29, 1.82) is 5.26 Å². The van der Waals surface area contributed by atoms with Crippen LogP contribution in [0, 0.1) is 18.3 Å². The summed E-state index contributed by atoms with van der Waals surface area (Å²) in [6, 6.07) is 16.4. The van der Waals surface area contributed by atoms with E-state index in [2.05, 4.69) is 49.4 Å². The van der Waals surface area contributed by atoms with Gasteiger partial charge in [-0.15, -0.1) is 0 Å². The molecule has 1 aliphatic heterocycles. The number of H-pyrrole nitrogens is 1. The molecule has 0 bridgehead atoms. The lowest BCUT2D eigenvalue weighted by Gasteiger charge is -2.32. The number of pyridine rings is 1. The largest absolute Gasteiger partial charge is 0.361 e. The number of fused-ring (bicyclic) bond motifs is 1. The number of nitrogens with one attached hydrogen (secondary N) is 2. The molecule has 0 atom stereocenters. The summed E-state index contributed by atoms with van der Waals surface area (Å²) < 4.78 is 0. The van der Waals surface area contributed by atoms with Crippen molar-refractivity contribution in [3.05, 3.63) is 77.6 Å². The summed E-state index contributed by atoms with van der Waals surface area (Å²) in [5.41, 5.74) is 4.84. The highest BCUT2D eigenvalue weighted by Gasteiger charge is 2.22. The second-order valence-electron chi connectivity index (χ2n) is 8.34. The average Bonchev–Trinajstić information content (AvgIpc) is 3.28. The maximum absolute atomic E-state index is 8.91. The van der Waals surface area contributed by atoms with Crippen LogP contribution in [0.2, 0.25) is 0 Å². The predicted octanol–water partition coefficient (Wildman–Crippen LogP) is 4.66. The molecule has 1 saturated heterocycles. The van der Waals surface area contributed by atoms with Crippen LogP contribution in [0.3, 0.4) is 0 Å². The van der Waals surface area contributed by atoms with Gasteiger partial charge in [0.25, 0.3) is 0 Å². The molecular formula is C25H25N7. The summed E-state index contributed by atoms with van der Waals surface area (Å²) in [7, 11) is 0. The van der Waals surface area contributed by atoms with Gasteiger partial charge in [0.1, 0.15) is 23.4 Å². The molecule has 1 aliphatic rings. The van der Waals surface area contributed by atoms with Crippen LogP contribution in [0.4, 0.5) is 11.5 Å². The Kier molecular flexibility index (Phi) is 5.53. The minimum Gasteiger partial charge on any atom is -0.361 e. The number of aromatic amines is 1. The zero-order chi connectivity index (χ0) is 21.9. The number of aromatic nitrogens is 4. The smallest absolute Gasteiger partial charge is 0.140 e. The van der Waals surface area contributed by atoms with Crippen LogP contribution in [0.5, 0.6) is 0 Å². The molecule has 1 fully saturated rings. The van der Waals surface area contributed by atoms with Crippen molar-refractivity contribution in [3.8, 4) is 6.07 Å². The quantitative estimate of drug-likeness (QED) is 0.485. The van der Waals surface area contributed by atoms with Gasteiger partial charge in [-0.25, -0.2) is 15.0 Å². The van der Waals surface area contributed by atoms with Gasteiger partial charge in [-0.1, -0.05) is 6.07 Å². The standard InChI is InChI=1S/C25H25N7/c1-17-29-24(13-25(30-17)31-22-4-3-21(14-26)28-15-22)19-7-10-32(11-8-19)16-18-2-5-23-20(12-18)6-9-27-23/h2-6,9,12-13,15,19,27H,7-8,10-11,16H2,1H3,(H,29,30,31). The summed E-state index contributed by atoms with van der Waals surface area (Å²) in [5.74, 6) is 1.95. The van der Waals surface area contributed by atoms with Crippen molar-refractivity contribution in [2.45, 2.75) is 32.2 Å². The maximum Gasteiger partial charge on any atom is 0.140 e. The Labute approximate surface area is 187 Å². The molecule has 3 aromatic heterocycles. The first-order chi connectivity index (χ1) is 15.7. The van der Waals surface area contributed by atoms with E-state index in [1.165, 1.54) is 16.5 Å². The summed E-state index contributed by atoms with van der Waals surface area (Å²) in [6.45, 7) is 5.02. The lowest BCUT2D eigenvalue weighted by Crippen LogP contribution is -2.32. The molecule has 1 aromatic carbocycles. The molecule has 7 nitrogen and oxygen atoms in total. The molecule has 32 heavy (non-hydrogen) atoms. The third kappa shape index (κ3) is 4.46. The van der Waals surface area contributed by atoms with Crippen molar-refractivity contribution in [3.63, 3.8) is 0 Å². The van der Waals surface area contributed by atoms with Gasteiger partial charge in [-0.3, -0.25) is 4.90 Å². The SMILES string of the molecule is Cc1nc(Nc2ccc(C#N)nc2)cc(C2CCN(Cc3ccc4[nH]ccc4c3)CC2)n1. The highest BCUT2D eigenvalue weighted by atomic mass is 15.1. The molecule has 0 saturated carbocycles. The van der Waals surface area contributed by atoms with Crippen molar-refractivity contribution in [2.24, 2.45) is 0 Å². The fourth-order valence-electron chi connectivity index (χ4n) is 4.39. The van der Waals surface area contributed by atoms with Gasteiger partial charge in [-0.2, -0.15) is 5.26 Å². The Morgan fingerprint density at radius 1 is 1.12 bits per heavy atom. The minimum atomic E-state index is 0.398. The molecule has 4 aromatic rings. The van der Waals surface area contributed by atoms with E-state index in [1.807, 2.05) is 31.3 Å². The number of rotatable bonds is 5. The lowest BCUT2D eigenvalue weighted by molar-refractivity contribution is 0.203. The summed E-state index contributed by atoms with van der Waals surface area (Å²) in [6.07, 6.45) is 5.81. The van der Waals surface area contributed by atoms with E-state index in [1.54, 1.807) is 12.3 Å². The van der Waals surface area contributed by atoms with Crippen molar-refractivity contribution < 1.29 is 0 Å². The van der Waals surface area contributed by atoms with Crippen LogP contribution in [0.25, 0.3) is 10.9 Å². The Hall–Kier alpha value is -3.76. The zero-order valence-corrected chi connectivity index (χ0v) is 18.0. The topological polar surface area (TPSA) is 93.5 Å². The Balaban J connectivity index is 1.23. The van der Waals surface area contributed by atoms with Gasteiger partial charge in [0.05, 0.1) is 11.9 Å². The van der Waals surface area contributed by atoms with Gasteiger partial charge < -0.3 is 10.3 Å². The first kappa shape index (κ1) is 20.2. The number of nitrogens with zero attached hydrogens (tertiary/aromatic N) is 5. The zero-order valence-electron chi connectivity index (χ0n) is 18.0. The maximum atomic E-state index is 8.91. The van der Waals surface area contributed by atoms with Gasteiger partial charge >= 0.3 is 0 Å². The van der Waals surface area contributed by atoms with Crippen molar-refractivity contribution in [2.75, 3.05) is 18.4 Å². The van der Waals surface area contributed by atoms with E-state index in [0.717, 1.165) is 55.5 Å². The first-order valence-corrected chi connectivity index (χ1v) is 10.9. The van der Waals surface area contributed by atoms with Gasteiger partial charge in [0.15, 0.2) is 0 Å². The van der Waals surface area contributed by atoms with Crippen LogP contribution in [-0.2, 0) is 6.54 Å². The van der Waals surface area contributed by atoms with E-state index in [4.69, 9.17) is 10.2 Å². The number of likely N-dealkylation sites (tertiary alicyclic amines) is 1. The molecule has 0 amide bonds. The fraction of sp³-hybridized carbons (Fsp3) is 0.280. The molecule has 0 unspecified atom stereocenters. The Morgan fingerprint density at radius 3 is 2.78 bits per heavy atom. The van der Waals surface area contributed by atoms with Crippen molar-refractivity contribution in [1.82, 2.24) is 24.8 Å². The minimum absolute atomic E-state index is 0.398. The number of nitriles is 1. The van der Waals surface area contributed by atoms with Crippen LogP contribution < -0.4 is 5.32 Å². The summed E-state index contributed by atoms with van der Waals surface area (Å²) in [4.78, 5) is 19.2. The molecule has 7 heteroatoms. The molecule has 5 rings (SSSR count). The Bertz CT molecular complexity index is 1260. The number of anilines is 2. The van der Waals surface area contributed by atoms with Crippen LogP contribution in [0.15, 0.2) is 54.9 Å². The van der Waals surface area contributed by atoms with Crippen LogP contribution in [0.1, 0.15) is 41.5 Å². The normalized spacial score (nSPS) is 15.0. The molecule has 0 spiro atoms. The third-order valence-electron chi connectivity index (χ3n) is 6.04. The third-order valence-corrected chi connectivity index (χ3v) is 6.04. The highest BCUT2D eigenvalue weighted by molar-refractivity contribution is 5.79. The summed E-state index contributed by atoms with van der Waals surface area (Å²) >= 11 is 0. The number of piperidine rings is 1. The van der Waals surface area contributed by atoms with Crippen LogP contribution >= 0.6 is 0 Å².